The summed E-state index contributed by atoms with van der Waals surface area (Å²) >= 11 is 0. The number of furan rings is 1. The zero-order valence-electron chi connectivity index (χ0n) is 11.1. The van der Waals surface area contributed by atoms with Crippen LogP contribution in [0.4, 0.5) is 0 Å². The molecule has 3 heteroatoms. The summed E-state index contributed by atoms with van der Waals surface area (Å²) in [4.78, 5) is 12.2. The molecule has 0 spiro atoms. The van der Waals surface area contributed by atoms with Crippen LogP contribution in [0.15, 0.2) is 40.2 Å². The lowest BCUT2D eigenvalue weighted by Gasteiger charge is -2.43. The third-order valence-electron chi connectivity index (χ3n) is 4.46. The number of hydrogen-bond donors (Lipinski definition) is 1. The van der Waals surface area contributed by atoms with Crippen molar-refractivity contribution in [2.24, 2.45) is 5.41 Å². The Morgan fingerprint density at radius 2 is 2.37 bits per heavy atom. The van der Waals surface area contributed by atoms with Crippen LogP contribution in [0.1, 0.15) is 38.2 Å². The van der Waals surface area contributed by atoms with Crippen molar-refractivity contribution >= 4 is 11.9 Å². The standard InChI is InChI=1S/C16H18O3/c1-16-9-12(7-11-5-6-19-10-11)14(17)8-13(16)3-2-4-15(16)18/h5-8,10,15,18H,2-4,9H2,1H3/b12-7+/t15-,16-/m0/s1. The maximum atomic E-state index is 12.2. The zero-order chi connectivity index (χ0) is 13.5. The van der Waals surface area contributed by atoms with E-state index in [9.17, 15) is 9.90 Å². The lowest BCUT2D eigenvalue weighted by molar-refractivity contribution is -0.112. The van der Waals surface area contributed by atoms with E-state index < -0.39 is 0 Å². The topological polar surface area (TPSA) is 50.4 Å². The first-order valence-electron chi connectivity index (χ1n) is 6.76. The SMILES string of the molecule is C[C@]12C/C(=C\c3ccoc3)C(=O)C=C1CCC[C@@H]2O. The molecule has 1 aromatic heterocycles. The predicted molar refractivity (Wildman–Crippen MR) is 72.4 cm³/mol. The molecule has 0 saturated heterocycles. The fourth-order valence-corrected chi connectivity index (χ4v) is 3.19. The molecule has 0 aliphatic heterocycles. The highest BCUT2D eigenvalue weighted by atomic mass is 16.3. The van der Waals surface area contributed by atoms with Gasteiger partial charge in [-0.15, -0.1) is 0 Å². The zero-order valence-corrected chi connectivity index (χ0v) is 11.1. The van der Waals surface area contributed by atoms with E-state index in [4.69, 9.17) is 4.42 Å². The largest absolute Gasteiger partial charge is 0.472 e. The molecule has 0 radical (unpaired) electrons. The Balaban J connectivity index is 1.99. The van der Waals surface area contributed by atoms with Gasteiger partial charge in [-0.2, -0.15) is 0 Å². The highest BCUT2D eigenvalue weighted by Gasteiger charge is 2.43. The minimum Gasteiger partial charge on any atom is -0.472 e. The molecule has 1 fully saturated rings. The molecule has 3 nitrogen and oxygen atoms in total. The van der Waals surface area contributed by atoms with E-state index in [1.54, 1.807) is 18.6 Å². The number of aliphatic hydroxyl groups excluding tert-OH is 1. The summed E-state index contributed by atoms with van der Waals surface area (Å²) in [5, 5.41) is 10.3. The number of allylic oxidation sites excluding steroid dienone is 2. The molecule has 1 heterocycles. The van der Waals surface area contributed by atoms with E-state index in [-0.39, 0.29) is 17.3 Å². The predicted octanol–water partition coefficient (Wildman–Crippen LogP) is 3.11. The smallest absolute Gasteiger partial charge is 0.181 e. The number of fused-ring (bicyclic) bond motifs is 1. The first-order valence-corrected chi connectivity index (χ1v) is 6.76. The lowest BCUT2D eigenvalue weighted by Crippen LogP contribution is -2.40. The summed E-state index contributed by atoms with van der Waals surface area (Å²) in [6.07, 6.45) is 9.80. The van der Waals surface area contributed by atoms with Crippen molar-refractivity contribution in [3.63, 3.8) is 0 Å². The maximum Gasteiger partial charge on any atom is 0.181 e. The summed E-state index contributed by atoms with van der Waals surface area (Å²) < 4.78 is 5.02. The average molecular weight is 258 g/mol. The molecule has 2 aliphatic rings. The Morgan fingerprint density at radius 1 is 1.53 bits per heavy atom. The van der Waals surface area contributed by atoms with E-state index in [0.29, 0.717) is 6.42 Å². The van der Waals surface area contributed by atoms with Crippen LogP contribution in [-0.2, 0) is 4.79 Å². The Labute approximate surface area is 112 Å². The van der Waals surface area contributed by atoms with Crippen LogP contribution in [0.2, 0.25) is 0 Å². The third-order valence-corrected chi connectivity index (χ3v) is 4.46. The minimum absolute atomic E-state index is 0.0720. The van der Waals surface area contributed by atoms with Crippen molar-refractivity contribution in [3.8, 4) is 0 Å². The average Bonchev–Trinajstić information content (AvgIpc) is 2.86. The van der Waals surface area contributed by atoms with Crippen molar-refractivity contribution in [1.29, 1.82) is 0 Å². The molecule has 3 rings (SSSR count). The van der Waals surface area contributed by atoms with Crippen LogP contribution >= 0.6 is 0 Å². The number of carbonyl (C=O) groups is 1. The second kappa shape index (κ2) is 4.49. The van der Waals surface area contributed by atoms with Crippen LogP contribution in [0.25, 0.3) is 6.08 Å². The van der Waals surface area contributed by atoms with Crippen LogP contribution in [0.5, 0.6) is 0 Å². The van der Waals surface area contributed by atoms with Crippen LogP contribution < -0.4 is 0 Å². The fraction of sp³-hybridized carbons (Fsp3) is 0.438. The van der Waals surface area contributed by atoms with Crippen molar-refractivity contribution < 1.29 is 14.3 Å². The molecule has 2 atom stereocenters. The van der Waals surface area contributed by atoms with E-state index >= 15 is 0 Å². The normalized spacial score (nSPS) is 33.2. The number of aliphatic hydroxyl groups is 1. The minimum atomic E-state index is -0.353. The van der Waals surface area contributed by atoms with Gasteiger partial charge >= 0.3 is 0 Å². The Bertz CT molecular complexity index is 551. The Hall–Kier alpha value is -1.61. The first-order chi connectivity index (χ1) is 9.09. The van der Waals surface area contributed by atoms with Crippen LogP contribution in [0.3, 0.4) is 0 Å². The van der Waals surface area contributed by atoms with Gasteiger partial charge in [-0.1, -0.05) is 12.5 Å². The number of hydrogen-bond acceptors (Lipinski definition) is 3. The van der Waals surface area contributed by atoms with Gasteiger partial charge in [-0.3, -0.25) is 4.79 Å². The van der Waals surface area contributed by atoms with Crippen molar-refractivity contribution in [3.05, 3.63) is 41.4 Å². The molecule has 1 N–H and O–H groups in total. The van der Waals surface area contributed by atoms with Crippen LogP contribution in [0, 0.1) is 5.41 Å². The van der Waals surface area contributed by atoms with E-state index in [0.717, 1.165) is 36.0 Å². The Kier molecular flexibility index (Phi) is 2.94. The summed E-state index contributed by atoms with van der Waals surface area (Å²) in [7, 11) is 0. The van der Waals surface area contributed by atoms with Gasteiger partial charge < -0.3 is 9.52 Å². The van der Waals surface area contributed by atoms with E-state index in [1.807, 2.05) is 12.1 Å². The van der Waals surface area contributed by atoms with Crippen LogP contribution in [-0.4, -0.2) is 17.0 Å². The maximum absolute atomic E-state index is 12.2. The van der Waals surface area contributed by atoms with Crippen molar-refractivity contribution in [2.45, 2.75) is 38.7 Å². The molecule has 0 unspecified atom stereocenters. The molecule has 1 saturated carbocycles. The van der Waals surface area contributed by atoms with E-state index in [1.165, 1.54) is 0 Å². The molecule has 2 aliphatic carbocycles. The van der Waals surface area contributed by atoms with Gasteiger partial charge in [0.25, 0.3) is 0 Å². The Morgan fingerprint density at radius 3 is 3.11 bits per heavy atom. The van der Waals surface area contributed by atoms with Gasteiger partial charge in [0, 0.05) is 16.6 Å². The second-order valence-electron chi connectivity index (χ2n) is 5.76. The van der Waals surface area contributed by atoms with Gasteiger partial charge in [-0.05, 0) is 43.9 Å². The molecule has 0 aromatic carbocycles. The molecule has 1 aromatic rings. The van der Waals surface area contributed by atoms with Gasteiger partial charge in [0.05, 0.1) is 18.6 Å². The molecular formula is C16H18O3. The van der Waals surface area contributed by atoms with Crippen molar-refractivity contribution in [1.82, 2.24) is 0 Å². The lowest BCUT2D eigenvalue weighted by atomic mass is 9.63. The summed E-state index contributed by atoms with van der Waals surface area (Å²) in [5.41, 5.74) is 2.49. The van der Waals surface area contributed by atoms with Gasteiger partial charge in [0.2, 0.25) is 0 Å². The molecule has 0 amide bonds. The van der Waals surface area contributed by atoms with Gasteiger partial charge in [0.1, 0.15) is 0 Å². The molecule has 100 valence electrons. The number of carbonyl (C=O) groups excluding carboxylic acids is 1. The first kappa shape index (κ1) is 12.4. The number of rotatable bonds is 1. The quantitative estimate of drug-likeness (QED) is 0.787. The number of ketones is 1. The summed E-state index contributed by atoms with van der Waals surface area (Å²) in [6, 6.07) is 1.83. The third kappa shape index (κ3) is 2.08. The molecule has 0 bridgehead atoms. The van der Waals surface area contributed by atoms with E-state index in [2.05, 4.69) is 6.92 Å². The summed E-state index contributed by atoms with van der Waals surface area (Å²) in [5.74, 6) is 0.0720. The highest BCUT2D eigenvalue weighted by molar-refractivity contribution is 6.08. The second-order valence-corrected chi connectivity index (χ2v) is 5.76. The fourth-order valence-electron chi connectivity index (χ4n) is 3.19. The molecule has 19 heavy (non-hydrogen) atoms. The monoisotopic (exact) mass is 258 g/mol. The van der Waals surface area contributed by atoms with Gasteiger partial charge in [-0.25, -0.2) is 0 Å². The highest BCUT2D eigenvalue weighted by Crippen LogP contribution is 2.48. The van der Waals surface area contributed by atoms with Crippen molar-refractivity contribution in [2.75, 3.05) is 0 Å². The summed E-state index contributed by atoms with van der Waals surface area (Å²) in [6.45, 7) is 2.07. The van der Waals surface area contributed by atoms with Gasteiger partial charge in [0.15, 0.2) is 5.78 Å². The molecular weight excluding hydrogens is 240 g/mol.